The van der Waals surface area contributed by atoms with Crippen LogP contribution in [-0.2, 0) is 0 Å². The Balaban J connectivity index is 2.30. The molecule has 3 rings (SSSR count). The van der Waals surface area contributed by atoms with Crippen molar-refractivity contribution < 1.29 is 31.3 Å². The van der Waals surface area contributed by atoms with Gasteiger partial charge in [0.05, 0.1) is 21.8 Å². The molecule has 1 aromatic heterocycles. The van der Waals surface area contributed by atoms with E-state index in [1.807, 2.05) is 0 Å². The third kappa shape index (κ3) is 4.93. The van der Waals surface area contributed by atoms with Gasteiger partial charge in [0.1, 0.15) is 22.9 Å². The highest BCUT2D eigenvalue weighted by Gasteiger charge is 2.42. The average molecular weight is 502 g/mol. The molecule has 1 heterocycles. The van der Waals surface area contributed by atoms with Gasteiger partial charge in [0.15, 0.2) is 11.5 Å². The molecule has 0 aliphatic heterocycles. The summed E-state index contributed by atoms with van der Waals surface area (Å²) in [6.07, 6.45) is -3.29. The monoisotopic (exact) mass is 501 g/mol. The smallest absolute Gasteiger partial charge is 0.404 e. The number of nitrogens with zero attached hydrogens (tertiary/aromatic N) is 2. The van der Waals surface area contributed by atoms with Crippen LogP contribution in [0.3, 0.4) is 0 Å². The molecule has 0 aliphatic carbocycles. The Kier molecular flexibility index (Phi) is 7.23. The molecule has 33 heavy (non-hydrogen) atoms. The summed E-state index contributed by atoms with van der Waals surface area (Å²) in [6, 6.07) is 8.15. The fourth-order valence-corrected chi connectivity index (χ4v) is 3.51. The molecule has 5 nitrogen and oxygen atoms in total. The summed E-state index contributed by atoms with van der Waals surface area (Å²) in [5, 5.41) is 2.66. The molecule has 0 spiro atoms. The fraction of sp³-hybridized carbons (Fsp3) is 0.0952. The first kappa shape index (κ1) is 24.5. The molecule has 0 saturated heterocycles. The van der Waals surface area contributed by atoms with Crippen LogP contribution in [0.5, 0.6) is 0 Å². The van der Waals surface area contributed by atoms with Crippen LogP contribution in [0, 0.1) is 11.6 Å². The van der Waals surface area contributed by atoms with Gasteiger partial charge < -0.3 is 10.3 Å². The number of nitrogens with two attached hydrogens (primary N) is 1. The molecular weight excluding hydrogens is 489 g/mol. The van der Waals surface area contributed by atoms with Gasteiger partial charge in [0.25, 0.3) is 0 Å². The maximum atomic E-state index is 14.5. The molecule has 2 N–H and O–H groups in total. The van der Waals surface area contributed by atoms with E-state index in [1.165, 1.54) is 30.5 Å². The number of hydrogen-bond acceptors (Lipinski definition) is 6. The van der Waals surface area contributed by atoms with Crippen molar-refractivity contribution in [2.75, 3.05) is 6.26 Å². The number of carbonyl (C=O) groups excluding carboxylic acids is 1. The summed E-state index contributed by atoms with van der Waals surface area (Å²) >= 11 is 6.66. The van der Waals surface area contributed by atoms with E-state index in [9.17, 15) is 26.7 Å². The van der Waals surface area contributed by atoms with Crippen LogP contribution in [-0.4, -0.2) is 28.4 Å². The minimum Gasteiger partial charge on any atom is -0.404 e. The highest BCUT2D eigenvalue weighted by Crippen LogP contribution is 2.39. The van der Waals surface area contributed by atoms with Crippen molar-refractivity contribution in [2.45, 2.75) is 6.18 Å². The number of thioether (sulfide) groups is 1. The van der Waals surface area contributed by atoms with E-state index >= 15 is 0 Å². The van der Waals surface area contributed by atoms with E-state index in [0.717, 1.165) is 18.2 Å². The number of allylic oxidation sites excluding steroid dienone is 1. The topological polar surface area (TPSA) is 81.5 Å². The van der Waals surface area contributed by atoms with Crippen LogP contribution in [0.15, 0.2) is 58.2 Å². The maximum absolute atomic E-state index is 14.5. The van der Waals surface area contributed by atoms with Gasteiger partial charge in [0, 0.05) is 6.20 Å². The van der Waals surface area contributed by atoms with Gasteiger partial charge in [-0.1, -0.05) is 46.7 Å². The molecule has 0 bridgehead atoms. The zero-order chi connectivity index (χ0) is 24.3. The average Bonchev–Trinajstić information content (AvgIpc) is 3.18. The number of benzene rings is 2. The summed E-state index contributed by atoms with van der Waals surface area (Å²) in [5.41, 5.74) is 1.04. The molecule has 12 heteroatoms. The minimum absolute atomic E-state index is 0.153. The van der Waals surface area contributed by atoms with Crippen molar-refractivity contribution in [1.82, 2.24) is 5.16 Å². The molecule has 172 valence electrons. The number of rotatable bonds is 5. The van der Waals surface area contributed by atoms with Crippen molar-refractivity contribution in [3.8, 4) is 11.3 Å². The van der Waals surface area contributed by atoms with E-state index in [0.29, 0.717) is 18.0 Å². The van der Waals surface area contributed by atoms with Crippen LogP contribution >= 0.6 is 23.4 Å². The number of hydrogen-bond donors (Lipinski definition) is 1. The molecule has 0 unspecified atom stereocenters. The lowest BCUT2D eigenvalue weighted by atomic mass is 10.00. The quantitative estimate of drug-likeness (QED) is 0.322. The van der Waals surface area contributed by atoms with Crippen molar-refractivity contribution in [3.63, 3.8) is 0 Å². The van der Waals surface area contributed by atoms with Gasteiger partial charge in [-0.2, -0.15) is 13.2 Å². The molecule has 2 aromatic carbocycles. The number of halogens is 6. The third-order valence-corrected chi connectivity index (χ3v) is 5.19. The highest BCUT2D eigenvalue weighted by molar-refractivity contribution is 8.13. The molecule has 0 radical (unpaired) electrons. The number of alkyl halides is 3. The van der Waals surface area contributed by atoms with E-state index in [2.05, 4.69) is 10.1 Å². The summed E-state index contributed by atoms with van der Waals surface area (Å²) < 4.78 is 75.4. The maximum Gasteiger partial charge on any atom is 0.434 e. The van der Waals surface area contributed by atoms with E-state index in [-0.39, 0.29) is 10.6 Å². The summed E-state index contributed by atoms with van der Waals surface area (Å²) in [6.45, 7) is 0. The first-order valence-electron chi connectivity index (χ1n) is 8.95. The van der Waals surface area contributed by atoms with Gasteiger partial charge in [-0.25, -0.2) is 13.8 Å². The van der Waals surface area contributed by atoms with Crippen LogP contribution < -0.4 is 5.73 Å². The second kappa shape index (κ2) is 9.75. The Morgan fingerprint density at radius 1 is 1.15 bits per heavy atom. The number of aromatic nitrogens is 1. The second-order valence-corrected chi connectivity index (χ2v) is 7.50. The van der Waals surface area contributed by atoms with Crippen molar-refractivity contribution in [1.29, 1.82) is 0 Å². The molecule has 0 aliphatic rings. The van der Waals surface area contributed by atoms with Gasteiger partial charge in [-0.15, -0.1) is 0 Å². The molecule has 0 saturated carbocycles. The second-order valence-electron chi connectivity index (χ2n) is 6.31. The molecule has 0 atom stereocenters. The predicted octanol–water partition coefficient (Wildman–Crippen LogP) is 6.41. The largest absolute Gasteiger partial charge is 0.434 e. The van der Waals surface area contributed by atoms with E-state index < -0.39 is 56.9 Å². The normalized spacial score (nSPS) is 12.8. The third-order valence-electron chi connectivity index (χ3n) is 4.30. The summed E-state index contributed by atoms with van der Waals surface area (Å²) in [7, 11) is 0. The highest BCUT2D eigenvalue weighted by atomic mass is 35.5. The van der Waals surface area contributed by atoms with Gasteiger partial charge in [0.2, 0.25) is 5.12 Å². The molecular formula is C21H13ClF5N3O2S. The van der Waals surface area contributed by atoms with Crippen LogP contribution in [0.1, 0.15) is 16.1 Å². The lowest BCUT2D eigenvalue weighted by Crippen LogP contribution is -2.25. The predicted molar refractivity (Wildman–Crippen MR) is 116 cm³/mol. The standard InChI is InChI=1S/C21H13ClF5N3O2S/c1-33-20(31)16-17(15-11(22)5-4-7-13(15)24)30-32-18(16)10(9-28)19(21(25,26)27)29-14-8-3-2-6-12(14)23/h2-9H,28H2,1H3. The Labute approximate surface area is 193 Å². The van der Waals surface area contributed by atoms with Crippen molar-refractivity contribution in [2.24, 2.45) is 10.7 Å². The molecule has 0 fully saturated rings. The number of carbonyl (C=O) groups is 1. The molecule has 0 amide bonds. The zero-order valence-corrected chi connectivity index (χ0v) is 18.2. The number of aliphatic imine (C=N–C) groups is 1. The van der Waals surface area contributed by atoms with Gasteiger partial charge >= 0.3 is 6.18 Å². The summed E-state index contributed by atoms with van der Waals surface area (Å²) in [4.78, 5) is 16.0. The SMILES string of the molecule is CSC(=O)c1c(-c2c(F)cccc2Cl)noc1C(=CN)C(=Nc1ccccc1F)C(F)(F)F. The first-order valence-corrected chi connectivity index (χ1v) is 10.6. The minimum atomic E-state index is -5.14. The van der Waals surface area contributed by atoms with E-state index in [4.69, 9.17) is 21.9 Å². The van der Waals surface area contributed by atoms with Crippen LogP contribution in [0.4, 0.5) is 27.6 Å². The lowest BCUT2D eigenvalue weighted by molar-refractivity contribution is -0.0571. The zero-order valence-electron chi connectivity index (χ0n) is 16.6. The molecule has 3 aromatic rings. The fourth-order valence-electron chi connectivity index (χ4n) is 2.86. The first-order chi connectivity index (χ1) is 15.6. The number of para-hydroxylation sites is 1. The van der Waals surface area contributed by atoms with Crippen molar-refractivity contribution >= 4 is 45.5 Å². The van der Waals surface area contributed by atoms with Gasteiger partial charge in [-0.05, 0) is 30.5 Å². The Bertz CT molecular complexity index is 1250. The van der Waals surface area contributed by atoms with E-state index in [1.54, 1.807) is 0 Å². The van der Waals surface area contributed by atoms with Gasteiger partial charge in [-0.3, -0.25) is 4.79 Å². The summed E-state index contributed by atoms with van der Waals surface area (Å²) in [5.74, 6) is -2.63. The van der Waals surface area contributed by atoms with Crippen LogP contribution in [0.2, 0.25) is 5.02 Å². The Morgan fingerprint density at radius 3 is 2.39 bits per heavy atom. The van der Waals surface area contributed by atoms with Crippen molar-refractivity contribution in [3.05, 3.63) is 76.6 Å². The Morgan fingerprint density at radius 2 is 1.82 bits per heavy atom. The lowest BCUT2D eigenvalue weighted by Gasteiger charge is -2.13. The Hall–Kier alpha value is -3.18. The van der Waals surface area contributed by atoms with Crippen LogP contribution in [0.25, 0.3) is 16.8 Å².